The molecule has 2 amide bonds. The average molecular weight is 342 g/mol. The van der Waals surface area contributed by atoms with E-state index in [0.717, 1.165) is 23.2 Å². The highest BCUT2D eigenvalue weighted by Gasteiger charge is 2.08. The Hall–Kier alpha value is -2.69. The molecule has 0 aromatic heterocycles. The van der Waals surface area contributed by atoms with Gasteiger partial charge in [0.15, 0.2) is 0 Å². The van der Waals surface area contributed by atoms with Gasteiger partial charge in [0.1, 0.15) is 5.82 Å². The molecule has 2 N–H and O–H groups in total. The van der Waals surface area contributed by atoms with Crippen LogP contribution in [0.5, 0.6) is 0 Å². The van der Waals surface area contributed by atoms with Crippen LogP contribution < -0.4 is 10.6 Å². The second-order valence-corrected chi connectivity index (χ2v) is 5.86. The summed E-state index contributed by atoms with van der Waals surface area (Å²) in [5.74, 6) is -0.343. The Balaban J connectivity index is 1.83. The third kappa shape index (κ3) is 6.37. The van der Waals surface area contributed by atoms with Gasteiger partial charge >= 0.3 is 0 Å². The third-order valence-corrected chi connectivity index (χ3v) is 3.97. The minimum Gasteiger partial charge on any atom is -0.359 e. The fraction of sp³-hybridized carbons (Fsp3) is 0.300. The Kier molecular flexibility index (Phi) is 7.14. The van der Waals surface area contributed by atoms with Gasteiger partial charge in [0.05, 0.1) is 0 Å². The van der Waals surface area contributed by atoms with Crippen molar-refractivity contribution < 1.29 is 14.0 Å². The molecule has 132 valence electrons. The first kappa shape index (κ1) is 18.6. The van der Waals surface area contributed by atoms with Crippen molar-refractivity contribution in [2.75, 3.05) is 12.4 Å². The maximum Gasteiger partial charge on any atom is 0.224 e. The molecule has 0 unspecified atom stereocenters. The first-order chi connectivity index (χ1) is 12.1. The number of nitrogens with one attached hydrogen (secondary N) is 2. The van der Waals surface area contributed by atoms with Gasteiger partial charge in [-0.1, -0.05) is 30.3 Å². The van der Waals surface area contributed by atoms with Crippen molar-refractivity contribution in [1.29, 1.82) is 0 Å². The van der Waals surface area contributed by atoms with Crippen molar-refractivity contribution in [2.45, 2.75) is 32.1 Å². The highest BCUT2D eigenvalue weighted by atomic mass is 19.1. The summed E-state index contributed by atoms with van der Waals surface area (Å²) in [5, 5.41) is 5.51. The van der Waals surface area contributed by atoms with E-state index in [9.17, 15) is 14.0 Å². The predicted octanol–water partition coefficient (Wildman–Crippen LogP) is 3.47. The Morgan fingerprint density at radius 2 is 1.64 bits per heavy atom. The van der Waals surface area contributed by atoms with Gasteiger partial charge in [0, 0.05) is 25.6 Å². The summed E-state index contributed by atoms with van der Waals surface area (Å²) in [4.78, 5) is 23.5. The van der Waals surface area contributed by atoms with E-state index in [1.54, 1.807) is 19.2 Å². The lowest BCUT2D eigenvalue weighted by molar-refractivity contribution is -0.120. The van der Waals surface area contributed by atoms with Crippen molar-refractivity contribution in [3.8, 4) is 0 Å². The van der Waals surface area contributed by atoms with E-state index in [0.29, 0.717) is 25.7 Å². The average Bonchev–Trinajstić information content (AvgIpc) is 2.62. The molecule has 0 saturated heterocycles. The van der Waals surface area contributed by atoms with Gasteiger partial charge in [-0.3, -0.25) is 9.59 Å². The molecule has 0 aliphatic heterocycles. The standard InChI is InChI=1S/C20H23FN2O2/c1-22-19(24)14-11-16-6-2-3-7-18(16)23-20(25)8-4-5-15-9-12-17(21)13-10-15/h2-3,6-7,9-10,12-13H,4-5,8,11,14H2,1H3,(H,22,24)(H,23,25). The van der Waals surface area contributed by atoms with E-state index < -0.39 is 0 Å². The lowest BCUT2D eigenvalue weighted by atomic mass is 10.1. The zero-order valence-corrected chi connectivity index (χ0v) is 14.3. The fourth-order valence-corrected chi connectivity index (χ4v) is 2.55. The first-order valence-electron chi connectivity index (χ1n) is 8.41. The first-order valence-corrected chi connectivity index (χ1v) is 8.41. The second-order valence-electron chi connectivity index (χ2n) is 5.86. The number of aryl methyl sites for hydroxylation is 2. The molecule has 2 aromatic rings. The molecule has 2 rings (SSSR count). The van der Waals surface area contributed by atoms with Gasteiger partial charge in [-0.15, -0.1) is 0 Å². The smallest absolute Gasteiger partial charge is 0.224 e. The lowest BCUT2D eigenvalue weighted by Crippen LogP contribution is -2.18. The van der Waals surface area contributed by atoms with Crippen LogP contribution in [0.3, 0.4) is 0 Å². The van der Waals surface area contributed by atoms with E-state index in [4.69, 9.17) is 0 Å². The number of benzene rings is 2. The van der Waals surface area contributed by atoms with Gasteiger partial charge < -0.3 is 10.6 Å². The number of halogens is 1. The molecule has 25 heavy (non-hydrogen) atoms. The number of carbonyl (C=O) groups excluding carboxylic acids is 2. The van der Waals surface area contributed by atoms with Crippen molar-refractivity contribution >= 4 is 17.5 Å². The zero-order valence-electron chi connectivity index (χ0n) is 14.3. The maximum absolute atomic E-state index is 12.9. The summed E-state index contributed by atoms with van der Waals surface area (Å²) in [6, 6.07) is 13.8. The summed E-state index contributed by atoms with van der Waals surface area (Å²) in [6.07, 6.45) is 2.77. The van der Waals surface area contributed by atoms with Gasteiger partial charge in [0.25, 0.3) is 0 Å². The van der Waals surface area contributed by atoms with Crippen molar-refractivity contribution in [3.05, 3.63) is 65.5 Å². The van der Waals surface area contributed by atoms with Crippen LogP contribution in [0.1, 0.15) is 30.4 Å². The van der Waals surface area contributed by atoms with Crippen molar-refractivity contribution in [1.82, 2.24) is 5.32 Å². The van der Waals surface area contributed by atoms with Crippen LogP contribution in [0.4, 0.5) is 10.1 Å². The Labute approximate surface area is 147 Å². The SMILES string of the molecule is CNC(=O)CCc1ccccc1NC(=O)CCCc1ccc(F)cc1. The topological polar surface area (TPSA) is 58.2 Å². The summed E-state index contributed by atoms with van der Waals surface area (Å²) in [5.41, 5.74) is 2.70. The number of para-hydroxylation sites is 1. The van der Waals surface area contributed by atoms with E-state index >= 15 is 0 Å². The Morgan fingerprint density at radius 3 is 2.36 bits per heavy atom. The largest absolute Gasteiger partial charge is 0.359 e. The molecule has 0 atom stereocenters. The molecule has 0 bridgehead atoms. The lowest BCUT2D eigenvalue weighted by Gasteiger charge is -2.11. The normalized spacial score (nSPS) is 10.3. The summed E-state index contributed by atoms with van der Waals surface area (Å²) in [6.45, 7) is 0. The van der Waals surface area contributed by atoms with Gasteiger partial charge in [0.2, 0.25) is 11.8 Å². The number of hydrogen-bond acceptors (Lipinski definition) is 2. The molecule has 0 fully saturated rings. The number of rotatable bonds is 8. The highest BCUT2D eigenvalue weighted by Crippen LogP contribution is 2.17. The molecule has 0 radical (unpaired) electrons. The predicted molar refractivity (Wildman–Crippen MR) is 96.8 cm³/mol. The quantitative estimate of drug-likeness (QED) is 0.772. The Bertz CT molecular complexity index is 714. The minimum atomic E-state index is -0.255. The zero-order chi connectivity index (χ0) is 18.1. The highest BCUT2D eigenvalue weighted by molar-refractivity contribution is 5.91. The molecule has 0 aliphatic rings. The summed E-state index contributed by atoms with van der Waals surface area (Å²) >= 11 is 0. The van der Waals surface area contributed by atoms with E-state index in [1.807, 2.05) is 24.3 Å². The second kappa shape index (κ2) is 9.57. The molecule has 5 heteroatoms. The van der Waals surface area contributed by atoms with Crippen LogP contribution in [-0.4, -0.2) is 18.9 Å². The van der Waals surface area contributed by atoms with E-state index in [2.05, 4.69) is 10.6 Å². The number of anilines is 1. The molecule has 0 aliphatic carbocycles. The summed E-state index contributed by atoms with van der Waals surface area (Å²) < 4.78 is 12.9. The number of hydrogen-bond donors (Lipinski definition) is 2. The maximum atomic E-state index is 12.9. The van der Waals surface area contributed by atoms with Crippen LogP contribution in [-0.2, 0) is 22.4 Å². The van der Waals surface area contributed by atoms with Crippen LogP contribution in [0.2, 0.25) is 0 Å². The van der Waals surface area contributed by atoms with Crippen molar-refractivity contribution in [3.63, 3.8) is 0 Å². The van der Waals surface area contributed by atoms with Gasteiger partial charge in [-0.25, -0.2) is 4.39 Å². The number of carbonyl (C=O) groups is 2. The van der Waals surface area contributed by atoms with Crippen molar-refractivity contribution in [2.24, 2.45) is 0 Å². The molecular weight excluding hydrogens is 319 g/mol. The monoisotopic (exact) mass is 342 g/mol. The Morgan fingerprint density at radius 1 is 0.920 bits per heavy atom. The molecule has 0 heterocycles. The molecule has 4 nitrogen and oxygen atoms in total. The van der Waals surface area contributed by atoms with E-state index in [-0.39, 0.29) is 17.6 Å². The molecular formula is C20H23FN2O2. The molecule has 2 aromatic carbocycles. The van der Waals surface area contributed by atoms with Crippen LogP contribution in [0.25, 0.3) is 0 Å². The van der Waals surface area contributed by atoms with Crippen LogP contribution in [0.15, 0.2) is 48.5 Å². The van der Waals surface area contributed by atoms with Gasteiger partial charge in [-0.2, -0.15) is 0 Å². The molecule has 0 spiro atoms. The third-order valence-electron chi connectivity index (χ3n) is 3.97. The fourth-order valence-electron chi connectivity index (χ4n) is 2.55. The van der Waals surface area contributed by atoms with Crippen LogP contribution in [0, 0.1) is 5.82 Å². The van der Waals surface area contributed by atoms with Gasteiger partial charge in [-0.05, 0) is 48.6 Å². The van der Waals surface area contributed by atoms with Crippen LogP contribution >= 0.6 is 0 Å². The van der Waals surface area contributed by atoms with E-state index in [1.165, 1.54) is 12.1 Å². The minimum absolute atomic E-state index is 0.0274. The summed E-state index contributed by atoms with van der Waals surface area (Å²) in [7, 11) is 1.61. The number of amides is 2. The molecule has 0 saturated carbocycles.